The molecule has 1 aliphatic heterocycles. The van der Waals surface area contributed by atoms with E-state index in [0.29, 0.717) is 37.0 Å². The monoisotopic (exact) mass is 429 g/mol. The van der Waals surface area contributed by atoms with Crippen LogP contribution >= 0.6 is 11.3 Å². The van der Waals surface area contributed by atoms with Crippen LogP contribution in [0.1, 0.15) is 22.5 Å². The zero-order valence-electron chi connectivity index (χ0n) is 17.0. The van der Waals surface area contributed by atoms with Crippen LogP contribution in [0, 0.1) is 23.7 Å². The van der Waals surface area contributed by atoms with Gasteiger partial charge in [0.15, 0.2) is 5.96 Å². The SMILES string of the molecule is CN=C(NCCCNC(=O)c1cccs1)NCCN1C(=O)C2C3C=CC(C3)C2C1=O. The number of thiophene rings is 1. The lowest BCUT2D eigenvalue weighted by Gasteiger charge is -2.18. The molecule has 1 aromatic heterocycles. The average Bonchev–Trinajstić information content (AvgIpc) is 3.53. The molecule has 3 aliphatic rings. The van der Waals surface area contributed by atoms with Gasteiger partial charge in [0.05, 0.1) is 16.7 Å². The summed E-state index contributed by atoms with van der Waals surface area (Å²) in [5.41, 5.74) is 0. The summed E-state index contributed by atoms with van der Waals surface area (Å²) in [5, 5.41) is 11.1. The molecule has 3 N–H and O–H groups in total. The largest absolute Gasteiger partial charge is 0.356 e. The Morgan fingerprint density at radius 3 is 2.40 bits per heavy atom. The number of rotatable bonds is 8. The van der Waals surface area contributed by atoms with Crippen molar-refractivity contribution in [3.8, 4) is 0 Å². The highest BCUT2D eigenvalue weighted by molar-refractivity contribution is 7.12. The van der Waals surface area contributed by atoms with Crippen LogP contribution in [0.5, 0.6) is 0 Å². The van der Waals surface area contributed by atoms with Crippen molar-refractivity contribution in [3.63, 3.8) is 0 Å². The van der Waals surface area contributed by atoms with Gasteiger partial charge < -0.3 is 16.0 Å². The Bertz CT molecular complexity index is 836. The Morgan fingerprint density at radius 2 is 1.77 bits per heavy atom. The van der Waals surface area contributed by atoms with Gasteiger partial charge >= 0.3 is 0 Å². The molecule has 30 heavy (non-hydrogen) atoms. The molecular formula is C21H27N5O3S. The first-order valence-electron chi connectivity index (χ1n) is 10.4. The van der Waals surface area contributed by atoms with Crippen LogP contribution in [-0.2, 0) is 9.59 Å². The molecule has 0 spiro atoms. The number of likely N-dealkylation sites (tertiary alicyclic amines) is 1. The van der Waals surface area contributed by atoms with Gasteiger partial charge in [-0.1, -0.05) is 18.2 Å². The summed E-state index contributed by atoms with van der Waals surface area (Å²) < 4.78 is 0. The Kier molecular flexibility index (Phi) is 6.17. The molecule has 3 amide bonds. The molecule has 0 radical (unpaired) electrons. The number of aliphatic imine (C=N–C) groups is 1. The van der Waals surface area contributed by atoms with Crippen LogP contribution in [0.2, 0.25) is 0 Å². The Hall–Kier alpha value is -2.68. The van der Waals surface area contributed by atoms with Crippen LogP contribution in [0.15, 0.2) is 34.7 Å². The minimum Gasteiger partial charge on any atom is -0.356 e. The van der Waals surface area contributed by atoms with Gasteiger partial charge in [-0.3, -0.25) is 24.3 Å². The van der Waals surface area contributed by atoms with Crippen LogP contribution in [0.4, 0.5) is 0 Å². The summed E-state index contributed by atoms with van der Waals surface area (Å²) in [6, 6.07) is 3.65. The maximum atomic E-state index is 12.7. The first-order chi connectivity index (χ1) is 14.6. The zero-order chi connectivity index (χ0) is 21.1. The molecule has 4 rings (SSSR count). The van der Waals surface area contributed by atoms with E-state index in [-0.39, 0.29) is 41.4 Å². The fraction of sp³-hybridized carbons (Fsp3) is 0.524. The molecule has 2 heterocycles. The molecule has 8 nitrogen and oxygen atoms in total. The first kappa shape index (κ1) is 20.6. The highest BCUT2D eigenvalue weighted by Crippen LogP contribution is 2.52. The van der Waals surface area contributed by atoms with E-state index in [1.165, 1.54) is 16.2 Å². The number of allylic oxidation sites excluding steroid dienone is 2. The minimum absolute atomic E-state index is 0.0203. The van der Waals surface area contributed by atoms with E-state index < -0.39 is 0 Å². The maximum Gasteiger partial charge on any atom is 0.261 e. The number of carbonyl (C=O) groups is 3. The quantitative estimate of drug-likeness (QED) is 0.187. The van der Waals surface area contributed by atoms with E-state index in [1.807, 2.05) is 11.4 Å². The molecule has 2 fully saturated rings. The van der Waals surface area contributed by atoms with Crippen molar-refractivity contribution in [2.75, 3.05) is 33.2 Å². The molecule has 0 aromatic carbocycles. The fourth-order valence-electron chi connectivity index (χ4n) is 4.68. The van der Waals surface area contributed by atoms with Crippen LogP contribution in [0.3, 0.4) is 0 Å². The summed E-state index contributed by atoms with van der Waals surface area (Å²) in [7, 11) is 1.67. The third-order valence-corrected chi connectivity index (χ3v) is 6.96. The number of fused-ring (bicyclic) bond motifs is 5. The van der Waals surface area contributed by atoms with Gasteiger partial charge in [-0.15, -0.1) is 11.3 Å². The lowest BCUT2D eigenvalue weighted by atomic mass is 9.85. The van der Waals surface area contributed by atoms with Crippen molar-refractivity contribution in [2.45, 2.75) is 12.8 Å². The number of guanidine groups is 1. The smallest absolute Gasteiger partial charge is 0.261 e. The summed E-state index contributed by atoms with van der Waals surface area (Å²) in [4.78, 5) is 43.5. The van der Waals surface area contributed by atoms with Gasteiger partial charge in [-0.05, 0) is 36.1 Å². The molecule has 1 saturated heterocycles. The standard InChI is InChI=1S/C21H27N5O3S/c1-22-21(24-8-3-7-23-18(27)15-4-2-11-30-15)25-9-10-26-19(28)16-13-5-6-14(12-13)17(16)20(26)29/h2,4-6,11,13-14,16-17H,3,7-10,12H2,1H3,(H,23,27)(H2,22,24,25). The van der Waals surface area contributed by atoms with Crippen molar-refractivity contribution < 1.29 is 14.4 Å². The van der Waals surface area contributed by atoms with E-state index in [2.05, 4.69) is 33.1 Å². The molecule has 2 bridgehead atoms. The number of hydrogen-bond acceptors (Lipinski definition) is 5. The van der Waals surface area contributed by atoms with Crippen molar-refractivity contribution in [1.29, 1.82) is 0 Å². The number of nitrogens with one attached hydrogen (secondary N) is 3. The second kappa shape index (κ2) is 8.99. The predicted molar refractivity (Wildman–Crippen MR) is 115 cm³/mol. The third-order valence-electron chi connectivity index (χ3n) is 6.09. The van der Waals surface area contributed by atoms with Crippen molar-refractivity contribution in [3.05, 3.63) is 34.5 Å². The second-order valence-electron chi connectivity index (χ2n) is 7.84. The Morgan fingerprint density at radius 1 is 1.10 bits per heavy atom. The highest BCUT2D eigenvalue weighted by Gasteiger charge is 2.58. The van der Waals surface area contributed by atoms with E-state index in [1.54, 1.807) is 13.1 Å². The first-order valence-corrected chi connectivity index (χ1v) is 11.3. The Labute approximate surface area is 179 Å². The number of nitrogens with zero attached hydrogens (tertiary/aromatic N) is 2. The van der Waals surface area contributed by atoms with Gasteiger partial charge in [0.2, 0.25) is 11.8 Å². The second-order valence-corrected chi connectivity index (χ2v) is 8.79. The van der Waals surface area contributed by atoms with Crippen molar-refractivity contribution in [1.82, 2.24) is 20.9 Å². The third kappa shape index (κ3) is 3.98. The van der Waals surface area contributed by atoms with Gasteiger partial charge in [0.1, 0.15) is 0 Å². The minimum atomic E-state index is -0.144. The van der Waals surface area contributed by atoms with Crippen molar-refractivity contribution in [2.24, 2.45) is 28.7 Å². The lowest BCUT2D eigenvalue weighted by Crippen LogP contribution is -2.44. The normalized spacial score (nSPS) is 27.0. The summed E-state index contributed by atoms with van der Waals surface area (Å²) >= 11 is 1.42. The number of carbonyl (C=O) groups excluding carboxylic acids is 3. The van der Waals surface area contributed by atoms with Crippen molar-refractivity contribution >= 4 is 35.0 Å². The molecule has 4 atom stereocenters. The molecule has 2 aliphatic carbocycles. The molecule has 9 heteroatoms. The molecule has 1 saturated carbocycles. The molecule has 4 unspecified atom stereocenters. The summed E-state index contributed by atoms with van der Waals surface area (Å²) in [6.45, 7) is 2.01. The summed E-state index contributed by atoms with van der Waals surface area (Å²) in [6.07, 6.45) is 5.91. The maximum absolute atomic E-state index is 12.7. The lowest BCUT2D eigenvalue weighted by molar-refractivity contribution is -0.140. The number of hydrogen-bond donors (Lipinski definition) is 3. The Balaban J connectivity index is 1.14. The van der Waals surface area contributed by atoms with Crippen LogP contribution < -0.4 is 16.0 Å². The fourth-order valence-corrected chi connectivity index (χ4v) is 5.32. The molecule has 1 aromatic rings. The van der Waals surface area contributed by atoms with Gasteiger partial charge in [0.25, 0.3) is 5.91 Å². The zero-order valence-corrected chi connectivity index (χ0v) is 17.8. The number of amides is 3. The van der Waals surface area contributed by atoms with Gasteiger partial charge in [0, 0.05) is 33.2 Å². The average molecular weight is 430 g/mol. The topological polar surface area (TPSA) is 103 Å². The number of imide groups is 1. The van der Waals surface area contributed by atoms with Crippen LogP contribution in [0.25, 0.3) is 0 Å². The predicted octanol–water partition coefficient (Wildman–Crippen LogP) is 0.840. The highest BCUT2D eigenvalue weighted by atomic mass is 32.1. The van der Waals surface area contributed by atoms with E-state index >= 15 is 0 Å². The summed E-state index contributed by atoms with van der Waals surface area (Å²) in [5.74, 6) is 0.708. The van der Waals surface area contributed by atoms with E-state index in [4.69, 9.17) is 0 Å². The van der Waals surface area contributed by atoms with E-state index in [9.17, 15) is 14.4 Å². The van der Waals surface area contributed by atoms with E-state index in [0.717, 1.165) is 12.8 Å². The molecular weight excluding hydrogens is 402 g/mol. The van der Waals surface area contributed by atoms with Crippen LogP contribution in [-0.4, -0.2) is 61.8 Å². The molecule has 160 valence electrons. The van der Waals surface area contributed by atoms with Gasteiger partial charge in [-0.25, -0.2) is 0 Å². The van der Waals surface area contributed by atoms with Gasteiger partial charge in [-0.2, -0.15) is 0 Å².